The van der Waals surface area contributed by atoms with Crippen LogP contribution in [0.25, 0.3) is 0 Å². The first kappa shape index (κ1) is 20.3. The highest BCUT2D eigenvalue weighted by Crippen LogP contribution is 2.26. The van der Waals surface area contributed by atoms with Gasteiger partial charge in [0.2, 0.25) is 5.96 Å². The maximum atomic E-state index is 6.53. The van der Waals surface area contributed by atoms with E-state index >= 15 is 0 Å². The standard InChI is InChI=1S/C23H29N5O2/c1-29-20-8-4-18(5-9-20)23(24)12-13-25-22(27-23)26-19-6-10-21(11-7-19)30-17-16-28-14-2-3-15-28/h4-13H,2-3,14-17,24H2,1H3,(H2,25,26,27). The van der Waals surface area contributed by atoms with Crippen LogP contribution in [0.2, 0.25) is 0 Å². The first-order valence-electron chi connectivity index (χ1n) is 10.3. The van der Waals surface area contributed by atoms with Crippen molar-refractivity contribution in [3.8, 4) is 11.5 Å². The molecule has 4 N–H and O–H groups in total. The van der Waals surface area contributed by atoms with E-state index in [0.29, 0.717) is 12.6 Å². The van der Waals surface area contributed by atoms with Gasteiger partial charge in [-0.3, -0.25) is 10.6 Å². The molecule has 0 spiro atoms. The summed E-state index contributed by atoms with van der Waals surface area (Å²) in [4.78, 5) is 7.10. The number of nitrogens with zero attached hydrogens (tertiary/aromatic N) is 2. The molecule has 0 amide bonds. The lowest BCUT2D eigenvalue weighted by atomic mass is 10.00. The summed E-state index contributed by atoms with van der Waals surface area (Å²) >= 11 is 0. The van der Waals surface area contributed by atoms with Gasteiger partial charge in [0, 0.05) is 18.4 Å². The van der Waals surface area contributed by atoms with E-state index in [4.69, 9.17) is 15.2 Å². The van der Waals surface area contributed by atoms with Crippen molar-refractivity contribution < 1.29 is 9.47 Å². The minimum absolute atomic E-state index is 0.582. The van der Waals surface area contributed by atoms with E-state index in [0.717, 1.165) is 29.3 Å². The molecule has 0 aliphatic carbocycles. The number of methoxy groups -OCH3 is 1. The molecule has 1 atom stereocenters. The zero-order chi connectivity index (χ0) is 20.8. The highest BCUT2D eigenvalue weighted by Gasteiger charge is 2.26. The van der Waals surface area contributed by atoms with Crippen molar-refractivity contribution in [3.63, 3.8) is 0 Å². The first-order valence-corrected chi connectivity index (χ1v) is 10.3. The molecular weight excluding hydrogens is 378 g/mol. The number of guanidine groups is 1. The van der Waals surface area contributed by atoms with Crippen LogP contribution in [-0.4, -0.2) is 44.2 Å². The molecule has 2 aromatic rings. The fourth-order valence-corrected chi connectivity index (χ4v) is 3.66. The SMILES string of the molecule is COc1ccc(C2(N)C=CNC(Nc3ccc(OCCN4CCCC4)cc3)=N2)cc1. The molecular formula is C23H29N5O2. The highest BCUT2D eigenvalue weighted by atomic mass is 16.5. The molecule has 1 saturated heterocycles. The van der Waals surface area contributed by atoms with Crippen LogP contribution in [0.5, 0.6) is 11.5 Å². The lowest BCUT2D eigenvalue weighted by molar-refractivity contribution is 0.238. The Labute approximate surface area is 177 Å². The Hall–Kier alpha value is -3.03. The third-order valence-electron chi connectivity index (χ3n) is 5.40. The third kappa shape index (κ3) is 4.93. The van der Waals surface area contributed by atoms with Gasteiger partial charge in [-0.05, 0) is 74.0 Å². The summed E-state index contributed by atoms with van der Waals surface area (Å²) in [5.74, 6) is 2.23. The number of nitrogens with two attached hydrogens (primary N) is 1. The van der Waals surface area contributed by atoms with Crippen molar-refractivity contribution in [1.82, 2.24) is 10.2 Å². The topological polar surface area (TPSA) is 84.1 Å². The van der Waals surface area contributed by atoms with Gasteiger partial charge in [-0.15, -0.1) is 0 Å². The molecule has 1 unspecified atom stereocenters. The van der Waals surface area contributed by atoms with E-state index in [1.54, 1.807) is 13.3 Å². The predicted molar refractivity (Wildman–Crippen MR) is 120 cm³/mol. The number of aliphatic imine (C=N–C) groups is 1. The van der Waals surface area contributed by atoms with Gasteiger partial charge in [0.15, 0.2) is 5.66 Å². The fourth-order valence-electron chi connectivity index (χ4n) is 3.66. The Bertz CT molecular complexity index is 889. The largest absolute Gasteiger partial charge is 0.497 e. The molecule has 0 radical (unpaired) electrons. The van der Waals surface area contributed by atoms with Gasteiger partial charge in [-0.2, -0.15) is 0 Å². The number of rotatable bonds is 7. The Morgan fingerprint density at radius 1 is 1.07 bits per heavy atom. The smallest absolute Gasteiger partial charge is 0.202 e. The van der Waals surface area contributed by atoms with Crippen LogP contribution in [0.1, 0.15) is 18.4 Å². The van der Waals surface area contributed by atoms with Crippen LogP contribution in [0, 0.1) is 0 Å². The van der Waals surface area contributed by atoms with Crippen molar-refractivity contribution in [2.45, 2.75) is 18.5 Å². The monoisotopic (exact) mass is 407 g/mol. The average molecular weight is 408 g/mol. The molecule has 158 valence electrons. The summed E-state index contributed by atoms with van der Waals surface area (Å²) in [6, 6.07) is 15.5. The van der Waals surface area contributed by atoms with Crippen LogP contribution in [0.15, 0.2) is 65.8 Å². The van der Waals surface area contributed by atoms with Gasteiger partial charge in [-0.25, -0.2) is 4.99 Å². The summed E-state index contributed by atoms with van der Waals surface area (Å²) < 4.78 is 11.1. The number of nitrogens with one attached hydrogen (secondary N) is 2. The number of benzene rings is 2. The number of ether oxygens (including phenoxy) is 2. The van der Waals surface area contributed by atoms with Crippen molar-refractivity contribution >= 4 is 11.6 Å². The minimum Gasteiger partial charge on any atom is -0.497 e. The zero-order valence-corrected chi connectivity index (χ0v) is 17.3. The third-order valence-corrected chi connectivity index (χ3v) is 5.40. The predicted octanol–water partition coefficient (Wildman–Crippen LogP) is 2.87. The molecule has 2 aromatic carbocycles. The average Bonchev–Trinajstić information content (AvgIpc) is 3.29. The Morgan fingerprint density at radius 3 is 2.47 bits per heavy atom. The maximum absolute atomic E-state index is 6.53. The second kappa shape index (κ2) is 9.19. The Morgan fingerprint density at radius 2 is 1.77 bits per heavy atom. The molecule has 0 aromatic heterocycles. The van der Waals surface area contributed by atoms with E-state index in [-0.39, 0.29) is 0 Å². The zero-order valence-electron chi connectivity index (χ0n) is 17.3. The molecule has 0 bridgehead atoms. The summed E-state index contributed by atoms with van der Waals surface area (Å²) in [7, 11) is 1.64. The van der Waals surface area contributed by atoms with Crippen LogP contribution in [-0.2, 0) is 5.66 Å². The second-order valence-corrected chi connectivity index (χ2v) is 7.54. The van der Waals surface area contributed by atoms with Crippen LogP contribution >= 0.6 is 0 Å². The maximum Gasteiger partial charge on any atom is 0.202 e. The summed E-state index contributed by atoms with van der Waals surface area (Å²) in [5, 5.41) is 6.39. The minimum atomic E-state index is -0.946. The molecule has 30 heavy (non-hydrogen) atoms. The van der Waals surface area contributed by atoms with Gasteiger partial charge in [-0.1, -0.05) is 12.1 Å². The summed E-state index contributed by atoms with van der Waals surface area (Å²) in [5.41, 5.74) is 7.36. The molecule has 2 heterocycles. The molecule has 2 aliphatic heterocycles. The molecule has 7 heteroatoms. The fraction of sp³-hybridized carbons (Fsp3) is 0.348. The van der Waals surface area contributed by atoms with Gasteiger partial charge in [0.25, 0.3) is 0 Å². The normalized spacial score (nSPS) is 21.1. The Kier molecular flexibility index (Phi) is 6.21. The number of hydrogen-bond donors (Lipinski definition) is 3. The van der Waals surface area contributed by atoms with Crippen LogP contribution in [0.4, 0.5) is 5.69 Å². The lowest BCUT2D eigenvalue weighted by Crippen LogP contribution is -2.41. The quantitative estimate of drug-likeness (QED) is 0.655. The summed E-state index contributed by atoms with van der Waals surface area (Å²) in [6.07, 6.45) is 6.23. The number of anilines is 1. The van der Waals surface area contributed by atoms with Crippen molar-refractivity contribution in [3.05, 3.63) is 66.4 Å². The second-order valence-electron chi connectivity index (χ2n) is 7.54. The van der Waals surface area contributed by atoms with Crippen molar-refractivity contribution in [2.75, 3.05) is 38.7 Å². The number of likely N-dealkylation sites (tertiary alicyclic amines) is 1. The molecule has 2 aliphatic rings. The van der Waals surface area contributed by atoms with Crippen LogP contribution < -0.4 is 25.8 Å². The first-order chi connectivity index (χ1) is 14.6. The van der Waals surface area contributed by atoms with E-state index in [1.807, 2.05) is 54.6 Å². The van der Waals surface area contributed by atoms with E-state index in [9.17, 15) is 0 Å². The van der Waals surface area contributed by atoms with Gasteiger partial charge in [0.05, 0.1) is 7.11 Å². The van der Waals surface area contributed by atoms with Crippen molar-refractivity contribution in [1.29, 1.82) is 0 Å². The lowest BCUT2D eigenvalue weighted by Gasteiger charge is -2.27. The van der Waals surface area contributed by atoms with E-state index in [2.05, 4.69) is 20.5 Å². The van der Waals surface area contributed by atoms with Gasteiger partial charge >= 0.3 is 0 Å². The molecule has 4 rings (SSSR count). The highest BCUT2D eigenvalue weighted by molar-refractivity contribution is 5.95. The summed E-state index contributed by atoms with van der Waals surface area (Å²) in [6.45, 7) is 4.07. The van der Waals surface area contributed by atoms with Crippen LogP contribution in [0.3, 0.4) is 0 Å². The number of hydrogen-bond acceptors (Lipinski definition) is 7. The molecule has 7 nitrogen and oxygen atoms in total. The van der Waals surface area contributed by atoms with Crippen molar-refractivity contribution in [2.24, 2.45) is 10.7 Å². The van der Waals surface area contributed by atoms with Gasteiger partial charge in [0.1, 0.15) is 18.1 Å². The molecule has 0 saturated carbocycles. The Balaban J connectivity index is 1.35. The van der Waals surface area contributed by atoms with E-state index < -0.39 is 5.66 Å². The van der Waals surface area contributed by atoms with E-state index in [1.165, 1.54) is 25.9 Å². The van der Waals surface area contributed by atoms with Gasteiger partial charge < -0.3 is 20.1 Å². The molecule has 1 fully saturated rings.